The standard InChI is InChI=1S/C19H23N3O4/c1-25-15-3-4-17(26-2)16(13-15)18(19(23)24)22-11-9-21(10-12-22)14-5-7-20-8-6-14/h3-8,13,18H,9-12H2,1-2H3,(H,23,24)/t18-/m0/s1. The largest absolute Gasteiger partial charge is 0.497 e. The molecule has 7 heteroatoms. The van der Waals surface area contributed by atoms with Crippen LogP contribution in [0.25, 0.3) is 0 Å². The monoisotopic (exact) mass is 357 g/mol. The number of pyridine rings is 1. The van der Waals surface area contributed by atoms with Crippen LogP contribution >= 0.6 is 0 Å². The zero-order valence-corrected chi connectivity index (χ0v) is 15.0. The first-order valence-electron chi connectivity index (χ1n) is 8.47. The number of piperazine rings is 1. The highest BCUT2D eigenvalue weighted by molar-refractivity contribution is 5.77. The second-order valence-corrected chi connectivity index (χ2v) is 6.08. The number of ether oxygens (including phenoxy) is 2. The topological polar surface area (TPSA) is 75.1 Å². The van der Waals surface area contributed by atoms with Crippen LogP contribution in [0.5, 0.6) is 11.5 Å². The summed E-state index contributed by atoms with van der Waals surface area (Å²) in [6.45, 7) is 2.78. The molecule has 1 N–H and O–H groups in total. The van der Waals surface area contributed by atoms with E-state index in [0.29, 0.717) is 30.2 Å². The molecule has 0 aliphatic carbocycles. The third kappa shape index (κ3) is 3.72. The number of carboxylic acids is 1. The molecule has 0 bridgehead atoms. The minimum absolute atomic E-state index is 0.551. The van der Waals surface area contributed by atoms with Gasteiger partial charge >= 0.3 is 5.97 Å². The predicted molar refractivity (Wildman–Crippen MR) is 97.9 cm³/mol. The maximum atomic E-state index is 12.1. The molecule has 1 saturated heterocycles. The van der Waals surface area contributed by atoms with Gasteiger partial charge in [-0.15, -0.1) is 0 Å². The SMILES string of the molecule is COc1ccc(OC)c([C@@H](C(=O)O)N2CCN(c3ccncc3)CC2)c1. The highest BCUT2D eigenvalue weighted by Crippen LogP contribution is 2.34. The zero-order chi connectivity index (χ0) is 18.5. The highest BCUT2D eigenvalue weighted by atomic mass is 16.5. The van der Waals surface area contributed by atoms with E-state index in [1.165, 1.54) is 0 Å². The van der Waals surface area contributed by atoms with E-state index in [0.717, 1.165) is 18.8 Å². The molecule has 1 aliphatic rings. The summed E-state index contributed by atoms with van der Waals surface area (Å²) < 4.78 is 10.7. The summed E-state index contributed by atoms with van der Waals surface area (Å²) in [6.07, 6.45) is 3.53. The minimum Gasteiger partial charge on any atom is -0.497 e. The average molecular weight is 357 g/mol. The van der Waals surface area contributed by atoms with Gasteiger partial charge in [-0.1, -0.05) is 0 Å². The second-order valence-electron chi connectivity index (χ2n) is 6.08. The van der Waals surface area contributed by atoms with Gasteiger partial charge in [0.2, 0.25) is 0 Å². The van der Waals surface area contributed by atoms with Crippen molar-refractivity contribution in [2.75, 3.05) is 45.3 Å². The summed E-state index contributed by atoms with van der Waals surface area (Å²) in [5.41, 5.74) is 1.71. The van der Waals surface area contributed by atoms with Crippen LogP contribution in [-0.4, -0.2) is 61.4 Å². The Kier molecular flexibility index (Phi) is 5.58. The number of aromatic nitrogens is 1. The lowest BCUT2D eigenvalue weighted by molar-refractivity contribution is -0.143. The van der Waals surface area contributed by atoms with Crippen LogP contribution in [0.3, 0.4) is 0 Å². The lowest BCUT2D eigenvalue weighted by Crippen LogP contribution is -2.49. The first kappa shape index (κ1) is 18.0. The van der Waals surface area contributed by atoms with E-state index in [9.17, 15) is 9.90 Å². The van der Waals surface area contributed by atoms with Gasteiger partial charge in [0.25, 0.3) is 0 Å². The van der Waals surface area contributed by atoms with Crippen LogP contribution in [0.15, 0.2) is 42.7 Å². The summed E-state index contributed by atoms with van der Waals surface area (Å²) in [4.78, 5) is 20.3. The van der Waals surface area contributed by atoms with E-state index >= 15 is 0 Å². The van der Waals surface area contributed by atoms with Crippen LogP contribution in [-0.2, 0) is 4.79 Å². The fourth-order valence-electron chi connectivity index (χ4n) is 3.33. The molecule has 7 nitrogen and oxygen atoms in total. The van der Waals surface area contributed by atoms with Gasteiger partial charge in [-0.05, 0) is 30.3 Å². The summed E-state index contributed by atoms with van der Waals surface area (Å²) in [6, 6.07) is 8.41. The van der Waals surface area contributed by atoms with Gasteiger partial charge in [0.1, 0.15) is 17.5 Å². The Bertz CT molecular complexity index is 746. The van der Waals surface area contributed by atoms with Crippen molar-refractivity contribution in [3.8, 4) is 11.5 Å². The van der Waals surface area contributed by atoms with Crippen molar-refractivity contribution in [1.29, 1.82) is 0 Å². The van der Waals surface area contributed by atoms with Crippen molar-refractivity contribution in [2.24, 2.45) is 0 Å². The number of anilines is 1. The fraction of sp³-hybridized carbons (Fsp3) is 0.368. The van der Waals surface area contributed by atoms with Crippen LogP contribution in [0.4, 0.5) is 5.69 Å². The normalized spacial score (nSPS) is 16.2. The van der Waals surface area contributed by atoms with E-state index in [2.05, 4.69) is 9.88 Å². The molecule has 0 unspecified atom stereocenters. The van der Waals surface area contributed by atoms with Crippen LogP contribution in [0, 0.1) is 0 Å². The van der Waals surface area contributed by atoms with Crippen molar-refractivity contribution in [3.05, 3.63) is 48.3 Å². The fourth-order valence-corrected chi connectivity index (χ4v) is 3.33. The molecule has 2 aromatic rings. The Labute approximate surface area is 152 Å². The lowest BCUT2D eigenvalue weighted by atomic mass is 10.0. The molecule has 0 saturated carbocycles. The van der Waals surface area contributed by atoms with Crippen molar-refractivity contribution in [3.63, 3.8) is 0 Å². The maximum absolute atomic E-state index is 12.1. The zero-order valence-electron chi connectivity index (χ0n) is 15.0. The van der Waals surface area contributed by atoms with Crippen LogP contribution in [0.1, 0.15) is 11.6 Å². The van der Waals surface area contributed by atoms with Gasteiger partial charge in [0.15, 0.2) is 0 Å². The van der Waals surface area contributed by atoms with E-state index in [1.807, 2.05) is 17.0 Å². The number of rotatable bonds is 6. The first-order valence-corrected chi connectivity index (χ1v) is 8.47. The summed E-state index contributed by atoms with van der Waals surface area (Å²) in [5.74, 6) is 0.270. The van der Waals surface area contributed by atoms with E-state index in [1.54, 1.807) is 44.8 Å². The molecular weight excluding hydrogens is 334 g/mol. The second kappa shape index (κ2) is 8.05. The lowest BCUT2D eigenvalue weighted by Gasteiger charge is -2.39. The molecule has 26 heavy (non-hydrogen) atoms. The van der Waals surface area contributed by atoms with Gasteiger partial charge < -0.3 is 19.5 Å². The first-order chi connectivity index (χ1) is 12.6. The predicted octanol–water partition coefficient (Wildman–Crippen LogP) is 2.05. The molecule has 3 rings (SSSR count). The summed E-state index contributed by atoms with van der Waals surface area (Å²) in [5, 5.41) is 9.89. The Morgan fingerprint density at radius 2 is 1.77 bits per heavy atom. The van der Waals surface area contributed by atoms with Gasteiger partial charge in [-0.2, -0.15) is 0 Å². The average Bonchev–Trinajstić information content (AvgIpc) is 2.69. The molecule has 138 valence electrons. The minimum atomic E-state index is -0.895. The number of nitrogens with zero attached hydrogens (tertiary/aromatic N) is 3. The highest BCUT2D eigenvalue weighted by Gasteiger charge is 2.32. The van der Waals surface area contributed by atoms with Gasteiger partial charge in [-0.25, -0.2) is 0 Å². The Morgan fingerprint density at radius 3 is 2.35 bits per heavy atom. The number of carbonyl (C=O) groups is 1. The molecule has 1 aromatic carbocycles. The Balaban J connectivity index is 1.81. The van der Waals surface area contributed by atoms with Gasteiger partial charge in [0.05, 0.1) is 14.2 Å². The Morgan fingerprint density at radius 1 is 1.08 bits per heavy atom. The number of carboxylic acid groups (broad SMARTS) is 1. The molecule has 1 atom stereocenters. The van der Waals surface area contributed by atoms with Gasteiger partial charge in [0, 0.05) is 49.8 Å². The van der Waals surface area contributed by atoms with Crippen molar-refractivity contribution in [1.82, 2.24) is 9.88 Å². The number of hydrogen-bond donors (Lipinski definition) is 1. The van der Waals surface area contributed by atoms with Crippen molar-refractivity contribution >= 4 is 11.7 Å². The number of benzene rings is 1. The van der Waals surface area contributed by atoms with Crippen LogP contribution in [0.2, 0.25) is 0 Å². The molecule has 0 amide bonds. The van der Waals surface area contributed by atoms with E-state index in [4.69, 9.17) is 9.47 Å². The Hall–Kier alpha value is -2.80. The molecule has 0 spiro atoms. The summed E-state index contributed by atoms with van der Waals surface area (Å²) >= 11 is 0. The smallest absolute Gasteiger partial charge is 0.325 e. The number of methoxy groups -OCH3 is 2. The third-order valence-corrected chi connectivity index (χ3v) is 4.67. The molecule has 1 aliphatic heterocycles. The summed E-state index contributed by atoms with van der Waals surface area (Å²) in [7, 11) is 3.11. The number of aliphatic carboxylic acids is 1. The third-order valence-electron chi connectivity index (χ3n) is 4.67. The van der Waals surface area contributed by atoms with E-state index < -0.39 is 12.0 Å². The van der Waals surface area contributed by atoms with Gasteiger partial charge in [-0.3, -0.25) is 14.7 Å². The molecule has 2 heterocycles. The van der Waals surface area contributed by atoms with E-state index in [-0.39, 0.29) is 0 Å². The van der Waals surface area contributed by atoms with Crippen molar-refractivity contribution in [2.45, 2.75) is 6.04 Å². The molecule has 0 radical (unpaired) electrons. The number of hydrogen-bond acceptors (Lipinski definition) is 6. The molecule has 1 aromatic heterocycles. The molecular formula is C19H23N3O4. The van der Waals surface area contributed by atoms with Crippen molar-refractivity contribution < 1.29 is 19.4 Å². The molecule has 1 fully saturated rings. The van der Waals surface area contributed by atoms with Crippen LogP contribution < -0.4 is 14.4 Å². The quantitative estimate of drug-likeness (QED) is 0.848. The maximum Gasteiger partial charge on any atom is 0.325 e.